The molecule has 0 unspecified atom stereocenters. The van der Waals surface area contributed by atoms with Crippen LogP contribution in [0, 0.1) is 11.8 Å². The highest BCUT2D eigenvalue weighted by Crippen LogP contribution is 1.90. The van der Waals surface area contributed by atoms with E-state index in [2.05, 4.69) is 15.3 Å². The number of carbonyl (C=O) groups is 1. The third-order valence-corrected chi connectivity index (χ3v) is 0.725. The highest BCUT2D eigenvalue weighted by molar-refractivity contribution is 5.86. The molecular formula is C6H3NO3. The second-order valence-electron chi connectivity index (χ2n) is 1.42. The van der Waals surface area contributed by atoms with Crippen molar-refractivity contribution in [1.29, 1.82) is 0 Å². The predicted molar refractivity (Wildman–Crippen MR) is 31.0 cm³/mol. The predicted octanol–water partition coefficient (Wildman–Crippen LogP) is 0.111. The molecule has 0 aromatic carbocycles. The fourth-order valence-electron chi connectivity index (χ4n) is 0.393. The molecule has 1 aromatic heterocycles. The summed E-state index contributed by atoms with van der Waals surface area (Å²) in [5, 5.41) is 8.08. The number of rotatable bonds is 0. The molecule has 0 bridgehead atoms. The quantitative estimate of drug-likeness (QED) is 0.515. The molecule has 0 aliphatic rings. The number of hydrogen-bond acceptors (Lipinski definition) is 3. The minimum absolute atomic E-state index is 0.252. The zero-order chi connectivity index (χ0) is 7.40. The van der Waals surface area contributed by atoms with Crippen molar-refractivity contribution in [2.24, 2.45) is 0 Å². The van der Waals surface area contributed by atoms with Gasteiger partial charge in [-0.05, 0) is 5.92 Å². The monoisotopic (exact) mass is 137 g/mol. The lowest BCUT2D eigenvalue weighted by atomic mass is 10.5. The Morgan fingerprint density at radius 3 is 3.10 bits per heavy atom. The van der Waals surface area contributed by atoms with Gasteiger partial charge in [0.25, 0.3) is 0 Å². The molecule has 0 radical (unpaired) electrons. The highest BCUT2D eigenvalue weighted by atomic mass is 16.4. The standard InChI is InChI=1S/C6H3NO3/c8-6(9)2-1-5-3-7-4-10-5/h3-4H,(H,8,9). The lowest BCUT2D eigenvalue weighted by Gasteiger charge is -1.71. The van der Waals surface area contributed by atoms with Gasteiger partial charge in [-0.3, -0.25) is 0 Å². The van der Waals surface area contributed by atoms with Gasteiger partial charge in [0.05, 0.1) is 6.20 Å². The van der Waals surface area contributed by atoms with E-state index in [1.54, 1.807) is 0 Å². The first-order chi connectivity index (χ1) is 4.79. The van der Waals surface area contributed by atoms with E-state index in [-0.39, 0.29) is 5.76 Å². The Bertz CT molecular complexity index is 278. The van der Waals surface area contributed by atoms with Gasteiger partial charge in [0.1, 0.15) is 0 Å². The smallest absolute Gasteiger partial charge is 0.382 e. The third kappa shape index (κ3) is 1.63. The lowest BCUT2D eigenvalue weighted by molar-refractivity contribution is -0.130. The summed E-state index contributed by atoms with van der Waals surface area (Å²) in [4.78, 5) is 13.4. The average molecular weight is 137 g/mol. The van der Waals surface area contributed by atoms with E-state index in [4.69, 9.17) is 5.11 Å². The Labute approximate surface area is 56.5 Å². The molecule has 0 spiro atoms. The Morgan fingerprint density at radius 2 is 2.60 bits per heavy atom. The zero-order valence-corrected chi connectivity index (χ0v) is 4.87. The van der Waals surface area contributed by atoms with Gasteiger partial charge < -0.3 is 9.52 Å². The molecule has 1 heterocycles. The van der Waals surface area contributed by atoms with Crippen LogP contribution in [0.5, 0.6) is 0 Å². The Balaban J connectivity index is 2.75. The fourth-order valence-corrected chi connectivity index (χ4v) is 0.393. The third-order valence-electron chi connectivity index (χ3n) is 0.725. The molecule has 1 aromatic rings. The molecule has 50 valence electrons. The first-order valence-corrected chi connectivity index (χ1v) is 2.42. The summed E-state index contributed by atoms with van der Waals surface area (Å²) in [5.74, 6) is 3.19. The van der Waals surface area contributed by atoms with Crippen molar-refractivity contribution in [3.63, 3.8) is 0 Å². The maximum Gasteiger partial charge on any atom is 0.382 e. The molecule has 0 amide bonds. The number of oxazole rings is 1. The highest BCUT2D eigenvalue weighted by Gasteiger charge is 1.88. The number of carboxylic acids is 1. The number of carboxylic acid groups (broad SMARTS) is 1. The van der Waals surface area contributed by atoms with E-state index in [1.165, 1.54) is 12.6 Å². The van der Waals surface area contributed by atoms with E-state index in [0.717, 1.165) is 0 Å². The minimum Gasteiger partial charge on any atom is -0.472 e. The molecular weight excluding hydrogens is 134 g/mol. The molecule has 0 aliphatic heterocycles. The van der Waals surface area contributed by atoms with E-state index in [9.17, 15) is 4.79 Å². The van der Waals surface area contributed by atoms with E-state index in [1.807, 2.05) is 5.92 Å². The van der Waals surface area contributed by atoms with Crippen molar-refractivity contribution in [1.82, 2.24) is 4.98 Å². The average Bonchev–Trinajstić information content (AvgIpc) is 2.34. The number of hydrogen-bond donors (Lipinski definition) is 1. The summed E-state index contributed by atoms with van der Waals surface area (Å²) >= 11 is 0. The Hall–Kier alpha value is -1.76. The van der Waals surface area contributed by atoms with Gasteiger partial charge in [0.2, 0.25) is 0 Å². The van der Waals surface area contributed by atoms with Crippen LogP contribution in [0.4, 0.5) is 0 Å². The summed E-state index contributed by atoms with van der Waals surface area (Å²) < 4.78 is 4.64. The van der Waals surface area contributed by atoms with Gasteiger partial charge in [-0.15, -0.1) is 0 Å². The molecule has 4 heteroatoms. The Kier molecular flexibility index (Phi) is 1.71. The van der Waals surface area contributed by atoms with Gasteiger partial charge in [0, 0.05) is 5.92 Å². The van der Waals surface area contributed by atoms with Crippen LogP contribution in [0.25, 0.3) is 0 Å². The molecule has 10 heavy (non-hydrogen) atoms. The normalized spacial score (nSPS) is 8.00. The van der Waals surface area contributed by atoms with Crippen LogP contribution in [0.15, 0.2) is 17.0 Å². The first-order valence-electron chi connectivity index (χ1n) is 2.42. The zero-order valence-electron chi connectivity index (χ0n) is 4.87. The van der Waals surface area contributed by atoms with E-state index >= 15 is 0 Å². The second kappa shape index (κ2) is 2.69. The molecule has 4 nitrogen and oxygen atoms in total. The maximum absolute atomic E-state index is 9.86. The largest absolute Gasteiger partial charge is 0.472 e. The summed E-state index contributed by atoms with van der Waals surface area (Å²) in [6.45, 7) is 0. The maximum atomic E-state index is 9.86. The van der Waals surface area contributed by atoms with Crippen LogP contribution in [0.1, 0.15) is 5.76 Å². The van der Waals surface area contributed by atoms with Crippen molar-refractivity contribution in [3.05, 3.63) is 18.4 Å². The molecule has 1 N–H and O–H groups in total. The van der Waals surface area contributed by atoms with Gasteiger partial charge in [-0.2, -0.15) is 0 Å². The number of nitrogens with zero attached hydrogens (tertiary/aromatic N) is 1. The van der Waals surface area contributed by atoms with Gasteiger partial charge in [-0.1, -0.05) is 0 Å². The van der Waals surface area contributed by atoms with Crippen molar-refractivity contribution >= 4 is 5.97 Å². The number of aromatic nitrogens is 1. The summed E-state index contributed by atoms with van der Waals surface area (Å²) in [5.41, 5.74) is 0. The topological polar surface area (TPSA) is 63.3 Å². The van der Waals surface area contributed by atoms with Crippen LogP contribution in [0.2, 0.25) is 0 Å². The van der Waals surface area contributed by atoms with Crippen molar-refractivity contribution in [3.8, 4) is 11.8 Å². The van der Waals surface area contributed by atoms with E-state index < -0.39 is 5.97 Å². The summed E-state index contributed by atoms with van der Waals surface area (Å²) in [6.07, 6.45) is 2.53. The van der Waals surface area contributed by atoms with Crippen molar-refractivity contribution < 1.29 is 14.3 Å². The molecule has 0 saturated carbocycles. The van der Waals surface area contributed by atoms with Gasteiger partial charge in [-0.25, -0.2) is 9.78 Å². The summed E-state index contributed by atoms with van der Waals surface area (Å²) in [7, 11) is 0. The van der Waals surface area contributed by atoms with Gasteiger partial charge >= 0.3 is 5.97 Å². The Morgan fingerprint density at radius 1 is 1.80 bits per heavy atom. The van der Waals surface area contributed by atoms with Gasteiger partial charge in [0.15, 0.2) is 12.2 Å². The van der Waals surface area contributed by atoms with Crippen LogP contribution in [-0.4, -0.2) is 16.1 Å². The molecule has 0 aliphatic carbocycles. The fraction of sp³-hybridized carbons (Fsp3) is 0. The molecule has 0 saturated heterocycles. The van der Waals surface area contributed by atoms with Crippen LogP contribution in [-0.2, 0) is 4.79 Å². The minimum atomic E-state index is -1.18. The molecule has 0 fully saturated rings. The molecule has 1 rings (SSSR count). The van der Waals surface area contributed by atoms with E-state index in [0.29, 0.717) is 0 Å². The lowest BCUT2D eigenvalue weighted by Crippen LogP contribution is -1.86. The second-order valence-corrected chi connectivity index (χ2v) is 1.42. The van der Waals surface area contributed by atoms with Crippen LogP contribution in [0.3, 0.4) is 0 Å². The SMILES string of the molecule is O=C(O)C#Cc1cnco1. The summed E-state index contributed by atoms with van der Waals surface area (Å²) in [6, 6.07) is 0. The van der Waals surface area contributed by atoms with Crippen LogP contribution < -0.4 is 0 Å². The van der Waals surface area contributed by atoms with Crippen molar-refractivity contribution in [2.75, 3.05) is 0 Å². The number of aliphatic carboxylic acids is 1. The van der Waals surface area contributed by atoms with Crippen LogP contribution >= 0.6 is 0 Å². The first kappa shape index (κ1) is 6.36. The van der Waals surface area contributed by atoms with Crippen molar-refractivity contribution in [2.45, 2.75) is 0 Å². The molecule has 0 atom stereocenters.